The number of nitrogens with zero attached hydrogens (tertiary/aromatic N) is 1. The molecule has 0 atom stereocenters. The highest BCUT2D eigenvalue weighted by Gasteiger charge is 2.14. The van der Waals surface area contributed by atoms with Gasteiger partial charge in [0.1, 0.15) is 0 Å². The lowest BCUT2D eigenvalue weighted by Gasteiger charge is -2.21. The number of hydrogen-bond donors (Lipinski definition) is 1. The van der Waals surface area contributed by atoms with Crippen LogP contribution in [0.15, 0.2) is 12.3 Å². The van der Waals surface area contributed by atoms with Crippen LogP contribution in [0.1, 0.15) is 54.6 Å². The van der Waals surface area contributed by atoms with Gasteiger partial charge >= 0.3 is 0 Å². The summed E-state index contributed by atoms with van der Waals surface area (Å²) in [6.07, 6.45) is 9.29. The Morgan fingerprint density at radius 3 is 2.84 bits per heavy atom. The fourth-order valence-corrected chi connectivity index (χ4v) is 2.95. The second kappa shape index (κ2) is 6.90. The lowest BCUT2D eigenvalue weighted by Crippen LogP contribution is -2.26. The fraction of sp³-hybridized carbons (Fsp3) is 0.600. The normalized spacial score (nSPS) is 16.3. The molecule has 0 aromatic carbocycles. The molecule has 0 saturated heterocycles. The third-order valence-electron chi connectivity index (χ3n) is 3.80. The number of carbonyl (C=O) groups is 1. The topological polar surface area (TPSA) is 42.0 Å². The maximum absolute atomic E-state index is 12.0. The molecule has 0 spiro atoms. The molecule has 1 amide bonds. The van der Waals surface area contributed by atoms with Crippen molar-refractivity contribution >= 4 is 17.5 Å². The molecular formula is C15H21ClN2O. The quantitative estimate of drug-likeness (QED) is 0.913. The van der Waals surface area contributed by atoms with E-state index in [0.29, 0.717) is 10.6 Å². The summed E-state index contributed by atoms with van der Waals surface area (Å²) < 4.78 is 0. The van der Waals surface area contributed by atoms with Crippen molar-refractivity contribution in [2.24, 2.45) is 5.92 Å². The Bertz CT molecular complexity index is 442. The monoisotopic (exact) mass is 280 g/mol. The van der Waals surface area contributed by atoms with Gasteiger partial charge in [0.05, 0.1) is 10.6 Å². The van der Waals surface area contributed by atoms with E-state index in [9.17, 15) is 4.79 Å². The molecule has 19 heavy (non-hydrogen) atoms. The molecule has 1 aromatic heterocycles. The zero-order chi connectivity index (χ0) is 13.7. The van der Waals surface area contributed by atoms with Crippen LogP contribution in [-0.2, 0) is 0 Å². The minimum Gasteiger partial charge on any atom is -0.352 e. The molecule has 0 unspecified atom stereocenters. The number of hydrogen-bond acceptors (Lipinski definition) is 2. The van der Waals surface area contributed by atoms with Gasteiger partial charge in [0, 0.05) is 18.4 Å². The Morgan fingerprint density at radius 1 is 1.42 bits per heavy atom. The smallest absolute Gasteiger partial charge is 0.254 e. The van der Waals surface area contributed by atoms with Crippen LogP contribution in [0.25, 0.3) is 0 Å². The second-order valence-corrected chi connectivity index (χ2v) is 5.76. The lowest BCUT2D eigenvalue weighted by molar-refractivity contribution is 0.0950. The van der Waals surface area contributed by atoms with E-state index >= 15 is 0 Å². The predicted octanol–water partition coefficient (Wildman–Crippen LogP) is 3.74. The van der Waals surface area contributed by atoms with Gasteiger partial charge in [-0.1, -0.05) is 43.7 Å². The maximum atomic E-state index is 12.0. The molecular weight excluding hydrogens is 260 g/mol. The molecule has 1 aliphatic carbocycles. The summed E-state index contributed by atoms with van der Waals surface area (Å²) >= 11 is 6.05. The van der Waals surface area contributed by atoms with Gasteiger partial charge in [-0.3, -0.25) is 9.78 Å². The number of aryl methyl sites for hydroxylation is 1. The fourth-order valence-electron chi connectivity index (χ4n) is 2.65. The molecule has 1 aromatic rings. The van der Waals surface area contributed by atoms with Crippen molar-refractivity contribution in [3.05, 3.63) is 28.5 Å². The average Bonchev–Trinajstić information content (AvgIpc) is 2.39. The van der Waals surface area contributed by atoms with E-state index in [2.05, 4.69) is 10.3 Å². The van der Waals surface area contributed by atoms with Crippen LogP contribution in [0, 0.1) is 12.8 Å². The molecule has 2 rings (SSSR count). The zero-order valence-electron chi connectivity index (χ0n) is 11.4. The van der Waals surface area contributed by atoms with E-state index in [1.165, 1.54) is 32.1 Å². The number of carbonyl (C=O) groups excluding carboxylic acids is 1. The number of nitrogens with one attached hydrogen (secondary N) is 1. The van der Waals surface area contributed by atoms with Crippen LogP contribution in [0.2, 0.25) is 5.02 Å². The second-order valence-electron chi connectivity index (χ2n) is 5.35. The Morgan fingerprint density at radius 2 is 2.16 bits per heavy atom. The van der Waals surface area contributed by atoms with Gasteiger partial charge in [0.2, 0.25) is 0 Å². The van der Waals surface area contributed by atoms with Gasteiger partial charge in [-0.2, -0.15) is 0 Å². The molecule has 1 N–H and O–H groups in total. The van der Waals surface area contributed by atoms with Crippen molar-refractivity contribution in [3.8, 4) is 0 Å². The van der Waals surface area contributed by atoms with Gasteiger partial charge in [-0.25, -0.2) is 0 Å². The first-order valence-corrected chi connectivity index (χ1v) is 7.45. The standard InChI is InChI=1S/C15H21ClN2O/c1-11-9-14(16)13(10-18-11)15(19)17-8-7-12-5-3-2-4-6-12/h9-10,12H,2-8H2,1H3,(H,17,19). The average molecular weight is 281 g/mol. The van der Waals surface area contributed by atoms with E-state index < -0.39 is 0 Å². The third kappa shape index (κ3) is 4.20. The van der Waals surface area contributed by atoms with E-state index in [0.717, 1.165) is 24.6 Å². The molecule has 104 valence electrons. The minimum absolute atomic E-state index is 0.117. The van der Waals surface area contributed by atoms with Crippen molar-refractivity contribution in [2.45, 2.75) is 45.4 Å². The van der Waals surface area contributed by atoms with Crippen LogP contribution in [0.4, 0.5) is 0 Å². The van der Waals surface area contributed by atoms with Crippen molar-refractivity contribution in [3.63, 3.8) is 0 Å². The summed E-state index contributed by atoms with van der Waals surface area (Å²) in [5.74, 6) is 0.661. The molecule has 1 saturated carbocycles. The van der Waals surface area contributed by atoms with Crippen molar-refractivity contribution < 1.29 is 4.79 Å². The summed E-state index contributed by atoms with van der Waals surface area (Å²) in [4.78, 5) is 16.1. The number of aromatic nitrogens is 1. The van der Waals surface area contributed by atoms with E-state index in [1.54, 1.807) is 12.3 Å². The summed E-state index contributed by atoms with van der Waals surface area (Å²) in [6, 6.07) is 1.72. The van der Waals surface area contributed by atoms with Crippen molar-refractivity contribution in [1.29, 1.82) is 0 Å². The summed E-state index contributed by atoms with van der Waals surface area (Å²) in [7, 11) is 0. The summed E-state index contributed by atoms with van der Waals surface area (Å²) in [6.45, 7) is 2.59. The van der Waals surface area contributed by atoms with E-state index in [-0.39, 0.29) is 5.91 Å². The van der Waals surface area contributed by atoms with Crippen LogP contribution >= 0.6 is 11.6 Å². The number of pyridine rings is 1. The highest BCUT2D eigenvalue weighted by Crippen LogP contribution is 2.25. The number of rotatable bonds is 4. The lowest BCUT2D eigenvalue weighted by atomic mass is 9.87. The van der Waals surface area contributed by atoms with Gasteiger partial charge in [-0.05, 0) is 25.3 Å². The Labute approximate surface area is 119 Å². The summed E-state index contributed by atoms with van der Waals surface area (Å²) in [5, 5.41) is 3.42. The zero-order valence-corrected chi connectivity index (χ0v) is 12.2. The van der Waals surface area contributed by atoms with Crippen LogP contribution < -0.4 is 5.32 Å². The molecule has 1 aliphatic rings. The first-order chi connectivity index (χ1) is 9.16. The molecule has 0 bridgehead atoms. The maximum Gasteiger partial charge on any atom is 0.254 e. The van der Waals surface area contributed by atoms with Crippen LogP contribution in [-0.4, -0.2) is 17.4 Å². The van der Waals surface area contributed by atoms with Gasteiger partial charge in [-0.15, -0.1) is 0 Å². The first-order valence-electron chi connectivity index (χ1n) is 7.07. The third-order valence-corrected chi connectivity index (χ3v) is 4.11. The molecule has 1 fully saturated rings. The highest BCUT2D eigenvalue weighted by molar-refractivity contribution is 6.33. The van der Waals surface area contributed by atoms with Crippen molar-refractivity contribution in [2.75, 3.05) is 6.54 Å². The molecule has 0 aliphatic heterocycles. The Hall–Kier alpha value is -1.09. The Balaban J connectivity index is 1.80. The number of halogens is 1. The SMILES string of the molecule is Cc1cc(Cl)c(C(=O)NCCC2CCCCC2)cn1. The predicted molar refractivity (Wildman–Crippen MR) is 77.5 cm³/mol. The summed E-state index contributed by atoms with van der Waals surface area (Å²) in [5.41, 5.74) is 1.29. The van der Waals surface area contributed by atoms with Gasteiger partial charge < -0.3 is 5.32 Å². The molecule has 1 heterocycles. The highest BCUT2D eigenvalue weighted by atomic mass is 35.5. The molecule has 0 radical (unpaired) electrons. The Kier molecular flexibility index (Phi) is 5.20. The number of amides is 1. The minimum atomic E-state index is -0.117. The first kappa shape index (κ1) is 14.3. The van der Waals surface area contributed by atoms with Crippen molar-refractivity contribution in [1.82, 2.24) is 10.3 Å². The molecule has 3 nitrogen and oxygen atoms in total. The van der Waals surface area contributed by atoms with Gasteiger partial charge in [0.25, 0.3) is 5.91 Å². The van der Waals surface area contributed by atoms with Crippen LogP contribution in [0.5, 0.6) is 0 Å². The van der Waals surface area contributed by atoms with E-state index in [4.69, 9.17) is 11.6 Å². The van der Waals surface area contributed by atoms with Crippen LogP contribution in [0.3, 0.4) is 0 Å². The largest absolute Gasteiger partial charge is 0.352 e. The van der Waals surface area contributed by atoms with E-state index in [1.807, 2.05) is 6.92 Å². The van der Waals surface area contributed by atoms with Gasteiger partial charge in [0.15, 0.2) is 0 Å². The molecule has 4 heteroatoms.